The maximum absolute atomic E-state index is 13.1. The first-order valence-corrected chi connectivity index (χ1v) is 30.0. The van der Waals surface area contributed by atoms with Crippen LogP contribution in [0.1, 0.15) is 44.9 Å². The summed E-state index contributed by atoms with van der Waals surface area (Å²) in [4.78, 5) is 40.0. The van der Waals surface area contributed by atoms with Crippen LogP contribution in [0, 0.1) is 5.41 Å². The predicted molar refractivity (Wildman–Crippen MR) is 114 cm³/mol. The van der Waals surface area contributed by atoms with Crippen LogP contribution < -0.4 is 0 Å². The van der Waals surface area contributed by atoms with Gasteiger partial charge in [-0.2, -0.15) is 0 Å². The summed E-state index contributed by atoms with van der Waals surface area (Å²) in [6.45, 7) is 4.45. The summed E-state index contributed by atoms with van der Waals surface area (Å²) in [6, 6.07) is 0. The summed E-state index contributed by atoms with van der Waals surface area (Å²) in [6.07, 6.45) is 6.06. The Morgan fingerprint density at radius 3 is 2.23 bits per heavy atom. The zero-order chi connectivity index (χ0) is 19.8. The molecular weight excluding hydrogens is 538 g/mol. The number of hydrogen-bond acceptors (Lipinski definition) is 3. The normalized spacial score (nSPS) is 24.3. The molecule has 0 aliphatic heterocycles. The molecule has 0 aromatic carbocycles. The molecule has 2 aliphatic rings. The van der Waals surface area contributed by atoms with Crippen molar-refractivity contribution < 1.29 is 14.3 Å². The number of hydrogen-bond donors (Lipinski definition) is 0. The van der Waals surface area contributed by atoms with E-state index in [9.17, 15) is 9.59 Å². The van der Waals surface area contributed by atoms with Crippen molar-refractivity contribution in [3.63, 3.8) is 0 Å². The first-order chi connectivity index (χ1) is 11.9. The van der Waals surface area contributed by atoms with Crippen LogP contribution in [0.15, 0.2) is 19.3 Å². The molecule has 0 bridgehead atoms. The monoisotopic (exact) mass is 576 g/mol. The molecular formula is C21H36O3Sn2. The van der Waals surface area contributed by atoms with Gasteiger partial charge in [-0.05, 0) is 0 Å². The average molecular weight is 574 g/mol. The van der Waals surface area contributed by atoms with Crippen molar-refractivity contribution in [2.45, 2.75) is 74.6 Å². The molecule has 0 radical (unpaired) electrons. The van der Waals surface area contributed by atoms with E-state index in [2.05, 4.69) is 36.2 Å². The van der Waals surface area contributed by atoms with Crippen molar-refractivity contribution in [2.75, 3.05) is 6.61 Å². The first kappa shape index (κ1) is 22.5. The molecule has 2 aliphatic carbocycles. The van der Waals surface area contributed by atoms with E-state index in [1.54, 1.807) is 3.59 Å². The number of carbonyl (C=O) groups excluding carboxylic acids is 2. The SMILES string of the molecule is C=[C](COC(=O)C1(CC2=[C]([Sn]([CH3])([CH3])[CH3])CCC2)CCCC1=O)[Sn]([CH3])([CH3])[CH3]. The van der Waals surface area contributed by atoms with Gasteiger partial charge in [-0.15, -0.1) is 0 Å². The van der Waals surface area contributed by atoms with Crippen molar-refractivity contribution in [1.82, 2.24) is 0 Å². The minimum atomic E-state index is -2.27. The van der Waals surface area contributed by atoms with Crippen LogP contribution in [-0.4, -0.2) is 55.1 Å². The van der Waals surface area contributed by atoms with Gasteiger partial charge in [-0.1, -0.05) is 0 Å². The van der Waals surface area contributed by atoms with Crippen LogP contribution in [0.2, 0.25) is 29.6 Å². The third-order valence-corrected chi connectivity index (χ3v) is 19.5. The number of ketones is 1. The molecule has 26 heavy (non-hydrogen) atoms. The van der Waals surface area contributed by atoms with Gasteiger partial charge in [0.2, 0.25) is 0 Å². The molecule has 0 spiro atoms. The maximum atomic E-state index is 13.1. The number of carbonyl (C=O) groups is 2. The van der Waals surface area contributed by atoms with Crippen LogP contribution >= 0.6 is 0 Å². The summed E-state index contributed by atoms with van der Waals surface area (Å²) in [5.74, 6) is -0.171. The molecule has 1 saturated carbocycles. The number of esters is 1. The van der Waals surface area contributed by atoms with Crippen LogP contribution in [-0.2, 0) is 14.3 Å². The minimum absolute atomic E-state index is 0.107. The van der Waals surface area contributed by atoms with E-state index in [-0.39, 0.29) is 11.8 Å². The fourth-order valence-corrected chi connectivity index (χ4v) is 11.9. The van der Waals surface area contributed by atoms with Crippen molar-refractivity contribution in [3.8, 4) is 0 Å². The van der Waals surface area contributed by atoms with E-state index in [0.717, 1.165) is 16.4 Å². The number of allylic oxidation sites excluding steroid dienone is 2. The van der Waals surface area contributed by atoms with Gasteiger partial charge < -0.3 is 0 Å². The average Bonchev–Trinajstić information content (AvgIpc) is 3.11. The number of rotatable bonds is 7. The standard InChI is InChI=1S/C15H18O3.6CH3.2Sn/c1-2-10-18-14(17)15(9-5-8-13(15)16)11-12-6-3-4-7-12;;;;;;;;/h1,3-6,8-11H2;6*1H3;;. The molecule has 3 nitrogen and oxygen atoms in total. The van der Waals surface area contributed by atoms with Gasteiger partial charge in [0.15, 0.2) is 0 Å². The zero-order valence-corrected chi connectivity index (χ0v) is 23.3. The topological polar surface area (TPSA) is 43.4 Å². The Balaban J connectivity index is 2.23. The van der Waals surface area contributed by atoms with E-state index in [1.165, 1.54) is 18.4 Å². The van der Waals surface area contributed by atoms with Crippen molar-refractivity contribution >= 4 is 48.5 Å². The van der Waals surface area contributed by atoms with Gasteiger partial charge in [0.05, 0.1) is 0 Å². The molecule has 1 atom stereocenters. The Hall–Kier alpha value is 0.217. The molecule has 1 fully saturated rings. The Morgan fingerprint density at radius 2 is 1.73 bits per heavy atom. The van der Waals surface area contributed by atoms with Crippen LogP contribution in [0.4, 0.5) is 0 Å². The molecule has 0 N–H and O–H groups in total. The number of ether oxygens (including phenoxy) is 1. The Bertz CT molecular complexity index is 635. The molecule has 0 aromatic heterocycles. The van der Waals surface area contributed by atoms with E-state index >= 15 is 0 Å². The molecule has 5 heteroatoms. The van der Waals surface area contributed by atoms with Crippen LogP contribution in [0.25, 0.3) is 0 Å². The van der Waals surface area contributed by atoms with E-state index in [0.29, 0.717) is 25.9 Å². The first-order valence-electron chi connectivity index (χ1n) is 9.98. The van der Waals surface area contributed by atoms with Gasteiger partial charge in [-0.25, -0.2) is 0 Å². The van der Waals surface area contributed by atoms with Gasteiger partial charge in [0, 0.05) is 0 Å². The molecule has 0 aromatic rings. The van der Waals surface area contributed by atoms with E-state index < -0.39 is 42.2 Å². The van der Waals surface area contributed by atoms with Crippen LogP contribution in [0.3, 0.4) is 0 Å². The van der Waals surface area contributed by atoms with Crippen molar-refractivity contribution in [3.05, 3.63) is 19.3 Å². The molecule has 0 heterocycles. The van der Waals surface area contributed by atoms with E-state index in [4.69, 9.17) is 4.74 Å². The molecule has 1 unspecified atom stereocenters. The van der Waals surface area contributed by atoms with E-state index in [1.807, 2.05) is 0 Å². The summed E-state index contributed by atoms with van der Waals surface area (Å²) in [5.41, 5.74) is 0.518. The second kappa shape index (κ2) is 8.30. The van der Waals surface area contributed by atoms with Gasteiger partial charge in [0.1, 0.15) is 0 Å². The fraction of sp³-hybridized carbons (Fsp3) is 0.714. The molecule has 146 valence electrons. The van der Waals surface area contributed by atoms with Crippen molar-refractivity contribution in [2.24, 2.45) is 5.41 Å². The third-order valence-electron chi connectivity index (χ3n) is 6.12. The summed E-state index contributed by atoms with van der Waals surface area (Å²) >= 11 is -4.44. The fourth-order valence-electron chi connectivity index (χ4n) is 4.18. The van der Waals surface area contributed by atoms with Gasteiger partial charge in [0.25, 0.3) is 0 Å². The summed E-state index contributed by atoms with van der Waals surface area (Å²) in [5, 5.41) is 0. The van der Waals surface area contributed by atoms with Crippen molar-refractivity contribution in [1.29, 1.82) is 0 Å². The predicted octanol–water partition coefficient (Wildman–Crippen LogP) is 5.45. The molecule has 0 saturated heterocycles. The Kier molecular flexibility index (Phi) is 7.18. The second-order valence-corrected chi connectivity index (χ2v) is 39.6. The summed E-state index contributed by atoms with van der Waals surface area (Å²) in [7, 11) is 0. The van der Waals surface area contributed by atoms with Gasteiger partial charge in [-0.3, -0.25) is 0 Å². The molecule has 0 amide bonds. The summed E-state index contributed by atoms with van der Waals surface area (Å²) < 4.78 is 8.46. The molecule has 2 rings (SSSR count). The third kappa shape index (κ3) is 4.98. The van der Waals surface area contributed by atoms with Crippen LogP contribution in [0.5, 0.6) is 0 Å². The zero-order valence-electron chi connectivity index (χ0n) is 17.6. The Labute approximate surface area is 167 Å². The quantitative estimate of drug-likeness (QED) is 0.231. The second-order valence-electron chi connectivity index (χ2n) is 10.2. The Morgan fingerprint density at radius 1 is 1.08 bits per heavy atom. The van der Waals surface area contributed by atoms with Gasteiger partial charge >= 0.3 is 169 Å². The number of Topliss-reactive ketones (excluding diaryl/α,β-unsaturated/α-hetero) is 1.